The summed E-state index contributed by atoms with van der Waals surface area (Å²) < 4.78 is 38.5. The van der Waals surface area contributed by atoms with E-state index in [1.54, 1.807) is 6.07 Å². The molecule has 0 radical (unpaired) electrons. The van der Waals surface area contributed by atoms with Crippen LogP contribution in [0.1, 0.15) is 16.7 Å². The smallest absolute Gasteiger partial charge is 0.346 e. The molecule has 1 heterocycles. The zero-order valence-corrected chi connectivity index (χ0v) is 15.9. The van der Waals surface area contributed by atoms with Gasteiger partial charge >= 0.3 is 6.18 Å². The maximum atomic E-state index is 12.8. The van der Waals surface area contributed by atoms with Crippen molar-refractivity contribution < 1.29 is 13.2 Å². The Morgan fingerprint density at radius 3 is 2.33 bits per heavy atom. The first-order valence-corrected chi connectivity index (χ1v) is 9.23. The van der Waals surface area contributed by atoms with Crippen molar-refractivity contribution in [2.24, 2.45) is 0 Å². The van der Waals surface area contributed by atoms with E-state index in [2.05, 4.69) is 41.4 Å². The summed E-state index contributed by atoms with van der Waals surface area (Å²) in [6, 6.07) is 13.6. The molecule has 0 bridgehead atoms. The molecule has 0 spiro atoms. The highest BCUT2D eigenvalue weighted by Crippen LogP contribution is 2.30. The lowest BCUT2D eigenvalue weighted by Crippen LogP contribution is -2.49. The van der Waals surface area contributed by atoms with Crippen LogP contribution in [0, 0.1) is 6.92 Å². The molecule has 0 amide bonds. The third kappa shape index (κ3) is 5.43. The van der Waals surface area contributed by atoms with Gasteiger partial charge in [0.25, 0.3) is 0 Å². The van der Waals surface area contributed by atoms with Gasteiger partial charge in [0, 0.05) is 38.4 Å². The van der Waals surface area contributed by atoms with Gasteiger partial charge in [0.2, 0.25) is 0 Å². The van der Waals surface area contributed by atoms with Crippen LogP contribution in [0.2, 0.25) is 0 Å². The number of hydrogen-bond donors (Lipinski definition) is 1. The normalized spacial score (nSPS) is 15.6. The predicted octanol–water partition coefficient (Wildman–Crippen LogP) is 4.53. The van der Waals surface area contributed by atoms with Crippen LogP contribution in [-0.4, -0.2) is 41.1 Å². The largest absolute Gasteiger partial charge is 0.416 e. The van der Waals surface area contributed by atoms with E-state index in [0.29, 0.717) is 10.8 Å². The van der Waals surface area contributed by atoms with E-state index in [9.17, 15) is 13.2 Å². The van der Waals surface area contributed by atoms with Crippen molar-refractivity contribution in [3.63, 3.8) is 0 Å². The molecule has 0 unspecified atom stereocenters. The van der Waals surface area contributed by atoms with Crippen LogP contribution in [0.4, 0.5) is 18.9 Å². The summed E-state index contributed by atoms with van der Waals surface area (Å²) in [5.74, 6) is 0. The molecule has 0 aliphatic carbocycles. The average molecular weight is 393 g/mol. The lowest BCUT2D eigenvalue weighted by atomic mass is 10.1. The van der Waals surface area contributed by atoms with E-state index in [1.165, 1.54) is 17.2 Å². The minimum Gasteiger partial charge on any atom is -0.346 e. The third-order valence-corrected chi connectivity index (χ3v) is 4.99. The molecule has 1 N–H and O–H groups in total. The number of aryl methyl sites for hydroxylation is 1. The maximum absolute atomic E-state index is 12.8. The highest BCUT2D eigenvalue weighted by Gasteiger charge is 2.30. The van der Waals surface area contributed by atoms with Crippen LogP contribution in [0.3, 0.4) is 0 Å². The lowest BCUT2D eigenvalue weighted by molar-refractivity contribution is -0.137. The van der Waals surface area contributed by atoms with Crippen molar-refractivity contribution in [1.82, 2.24) is 9.80 Å². The van der Waals surface area contributed by atoms with Gasteiger partial charge in [0.1, 0.15) is 0 Å². The standard InChI is InChI=1S/C20H22F3N3S/c1-15-5-7-16(8-6-15)14-25-9-11-26(12-10-25)19(27)24-18-4-2-3-17(13-18)20(21,22)23/h2-8,13H,9-12,14H2,1H3,(H,24,27). The fourth-order valence-electron chi connectivity index (χ4n) is 3.04. The van der Waals surface area contributed by atoms with Gasteiger partial charge in [-0.05, 0) is 42.9 Å². The summed E-state index contributed by atoms with van der Waals surface area (Å²) in [6.07, 6.45) is -4.36. The molecule has 1 saturated heterocycles. The van der Waals surface area contributed by atoms with Crippen molar-refractivity contribution >= 4 is 23.0 Å². The Labute approximate surface area is 162 Å². The molecule has 27 heavy (non-hydrogen) atoms. The van der Waals surface area contributed by atoms with E-state index >= 15 is 0 Å². The number of thiocarbonyl (C=S) groups is 1. The third-order valence-electron chi connectivity index (χ3n) is 4.63. The zero-order chi connectivity index (χ0) is 19.4. The molecule has 2 aromatic rings. The van der Waals surface area contributed by atoms with E-state index in [4.69, 9.17) is 12.2 Å². The van der Waals surface area contributed by atoms with Crippen molar-refractivity contribution in [3.05, 3.63) is 65.2 Å². The first-order chi connectivity index (χ1) is 12.8. The molecular formula is C20H22F3N3S. The zero-order valence-electron chi connectivity index (χ0n) is 15.1. The number of hydrogen-bond acceptors (Lipinski definition) is 2. The molecule has 2 aromatic carbocycles. The molecule has 1 aliphatic rings. The second-order valence-corrected chi connectivity index (χ2v) is 7.14. The van der Waals surface area contributed by atoms with E-state index in [1.807, 2.05) is 4.90 Å². The van der Waals surface area contributed by atoms with Gasteiger partial charge in [0.05, 0.1) is 5.56 Å². The summed E-state index contributed by atoms with van der Waals surface area (Å²) in [6.45, 7) is 6.17. The van der Waals surface area contributed by atoms with Crippen molar-refractivity contribution in [2.45, 2.75) is 19.6 Å². The minimum atomic E-state index is -4.36. The number of piperazine rings is 1. The van der Waals surface area contributed by atoms with Gasteiger partial charge in [-0.2, -0.15) is 13.2 Å². The van der Waals surface area contributed by atoms with Gasteiger partial charge in [-0.1, -0.05) is 35.9 Å². The highest BCUT2D eigenvalue weighted by atomic mass is 32.1. The average Bonchev–Trinajstić information content (AvgIpc) is 2.64. The van der Waals surface area contributed by atoms with Crippen LogP contribution < -0.4 is 5.32 Å². The summed E-state index contributed by atoms with van der Waals surface area (Å²) in [4.78, 5) is 4.36. The number of nitrogens with zero attached hydrogens (tertiary/aromatic N) is 2. The molecule has 1 fully saturated rings. The van der Waals surface area contributed by atoms with Gasteiger partial charge in [-0.15, -0.1) is 0 Å². The van der Waals surface area contributed by atoms with Crippen LogP contribution in [0.5, 0.6) is 0 Å². The fourth-order valence-corrected chi connectivity index (χ4v) is 3.34. The summed E-state index contributed by atoms with van der Waals surface area (Å²) >= 11 is 5.39. The van der Waals surface area contributed by atoms with Crippen LogP contribution in [-0.2, 0) is 12.7 Å². The topological polar surface area (TPSA) is 18.5 Å². The quantitative estimate of drug-likeness (QED) is 0.772. The van der Waals surface area contributed by atoms with E-state index in [-0.39, 0.29) is 0 Å². The molecule has 7 heteroatoms. The Hall–Kier alpha value is -2.12. The predicted molar refractivity (Wildman–Crippen MR) is 106 cm³/mol. The second kappa shape index (κ2) is 8.27. The molecule has 0 aromatic heterocycles. The van der Waals surface area contributed by atoms with Crippen LogP contribution in [0.15, 0.2) is 48.5 Å². The van der Waals surface area contributed by atoms with Crippen molar-refractivity contribution in [2.75, 3.05) is 31.5 Å². The summed E-state index contributed by atoms with van der Waals surface area (Å²) in [7, 11) is 0. The Bertz CT molecular complexity index is 782. The molecule has 0 atom stereocenters. The van der Waals surface area contributed by atoms with E-state index in [0.717, 1.165) is 44.9 Å². The molecule has 0 saturated carbocycles. The highest BCUT2D eigenvalue weighted by molar-refractivity contribution is 7.80. The van der Waals surface area contributed by atoms with E-state index < -0.39 is 11.7 Å². The number of rotatable bonds is 3. The first kappa shape index (κ1) is 19.6. The monoisotopic (exact) mass is 393 g/mol. The molecule has 144 valence electrons. The van der Waals surface area contributed by atoms with Gasteiger partial charge in [0.15, 0.2) is 5.11 Å². The molecule has 1 aliphatic heterocycles. The Kier molecular flexibility index (Phi) is 6.01. The molecule has 3 nitrogen and oxygen atoms in total. The van der Waals surface area contributed by atoms with Crippen LogP contribution in [0.25, 0.3) is 0 Å². The SMILES string of the molecule is Cc1ccc(CN2CCN(C(=S)Nc3cccc(C(F)(F)F)c3)CC2)cc1. The van der Waals surface area contributed by atoms with Gasteiger partial charge in [-0.3, -0.25) is 4.90 Å². The van der Waals surface area contributed by atoms with Crippen molar-refractivity contribution in [1.29, 1.82) is 0 Å². The number of alkyl halides is 3. The van der Waals surface area contributed by atoms with Gasteiger partial charge < -0.3 is 10.2 Å². The van der Waals surface area contributed by atoms with Crippen LogP contribution >= 0.6 is 12.2 Å². The second-order valence-electron chi connectivity index (χ2n) is 6.76. The molecular weight excluding hydrogens is 371 g/mol. The number of nitrogens with one attached hydrogen (secondary N) is 1. The first-order valence-electron chi connectivity index (χ1n) is 8.82. The molecule has 3 rings (SSSR count). The minimum absolute atomic E-state index is 0.358. The lowest BCUT2D eigenvalue weighted by Gasteiger charge is -2.36. The Morgan fingerprint density at radius 2 is 1.70 bits per heavy atom. The maximum Gasteiger partial charge on any atom is 0.416 e. The number of anilines is 1. The fraction of sp³-hybridized carbons (Fsp3) is 0.350. The Morgan fingerprint density at radius 1 is 1.04 bits per heavy atom. The summed E-state index contributed by atoms with van der Waals surface area (Å²) in [5, 5.41) is 3.40. The number of benzene rings is 2. The Balaban J connectivity index is 1.52. The summed E-state index contributed by atoms with van der Waals surface area (Å²) in [5.41, 5.74) is 2.20. The van der Waals surface area contributed by atoms with Gasteiger partial charge in [-0.25, -0.2) is 0 Å². The van der Waals surface area contributed by atoms with Crippen molar-refractivity contribution in [3.8, 4) is 0 Å². The number of halogens is 3.